The molecule has 0 spiro atoms. The van der Waals surface area contributed by atoms with Gasteiger partial charge in [0.2, 0.25) is 0 Å². The molecule has 3 heteroatoms. The SMILES string of the molecule is [CH2]Sc1ncccc1Cl. The minimum absolute atomic E-state index is 0.664. The summed E-state index contributed by atoms with van der Waals surface area (Å²) < 4.78 is 0. The van der Waals surface area contributed by atoms with Crippen LogP contribution in [0.3, 0.4) is 0 Å². The second-order valence-electron chi connectivity index (χ2n) is 1.43. The van der Waals surface area contributed by atoms with Gasteiger partial charge in [0.25, 0.3) is 0 Å². The van der Waals surface area contributed by atoms with E-state index >= 15 is 0 Å². The molecular formula is C6H5ClNS. The van der Waals surface area contributed by atoms with Crippen LogP contribution >= 0.6 is 23.4 Å². The quantitative estimate of drug-likeness (QED) is 0.583. The van der Waals surface area contributed by atoms with Crippen molar-refractivity contribution in [1.82, 2.24) is 4.98 Å². The normalized spacial score (nSPS) is 9.56. The lowest BCUT2D eigenvalue weighted by Crippen LogP contribution is -1.75. The van der Waals surface area contributed by atoms with Crippen LogP contribution in [0.2, 0.25) is 5.02 Å². The molecule has 0 bridgehead atoms. The lowest BCUT2D eigenvalue weighted by atomic mass is 10.5. The van der Waals surface area contributed by atoms with Gasteiger partial charge in [-0.25, -0.2) is 4.98 Å². The van der Waals surface area contributed by atoms with Crippen molar-refractivity contribution in [3.8, 4) is 0 Å². The van der Waals surface area contributed by atoms with Gasteiger partial charge in [0.05, 0.1) is 5.02 Å². The predicted molar refractivity (Wildman–Crippen MR) is 40.5 cm³/mol. The maximum atomic E-state index is 5.70. The summed E-state index contributed by atoms with van der Waals surface area (Å²) in [5.41, 5.74) is 0. The molecule has 1 rings (SSSR count). The van der Waals surface area contributed by atoms with Crippen LogP contribution in [0.5, 0.6) is 0 Å². The smallest absolute Gasteiger partial charge is 0.115 e. The molecule has 0 saturated heterocycles. The molecule has 47 valence electrons. The highest BCUT2D eigenvalue weighted by Gasteiger charge is 1.94. The van der Waals surface area contributed by atoms with Crippen LogP contribution in [-0.4, -0.2) is 4.98 Å². The van der Waals surface area contributed by atoms with Crippen LogP contribution in [0.25, 0.3) is 0 Å². The van der Waals surface area contributed by atoms with Crippen molar-refractivity contribution >= 4 is 23.4 Å². The fourth-order valence-electron chi connectivity index (χ4n) is 0.477. The maximum Gasteiger partial charge on any atom is 0.115 e. The van der Waals surface area contributed by atoms with Crippen molar-refractivity contribution in [2.75, 3.05) is 0 Å². The van der Waals surface area contributed by atoms with E-state index in [0.717, 1.165) is 5.03 Å². The minimum atomic E-state index is 0.664. The van der Waals surface area contributed by atoms with Crippen LogP contribution < -0.4 is 0 Å². The number of nitrogens with zero attached hydrogens (tertiary/aromatic N) is 1. The molecule has 0 fully saturated rings. The molecule has 0 aromatic carbocycles. The summed E-state index contributed by atoms with van der Waals surface area (Å²) >= 11 is 7.00. The molecule has 9 heavy (non-hydrogen) atoms. The molecule has 0 aliphatic rings. The predicted octanol–water partition coefficient (Wildman–Crippen LogP) is 2.62. The fraction of sp³-hybridized carbons (Fsp3) is 0. The van der Waals surface area contributed by atoms with Gasteiger partial charge in [-0.2, -0.15) is 0 Å². The first-order chi connectivity index (χ1) is 4.34. The minimum Gasteiger partial charge on any atom is -0.248 e. The Balaban J connectivity index is 3.01. The molecule has 0 aliphatic heterocycles. The Morgan fingerprint density at radius 2 is 2.44 bits per heavy atom. The molecule has 1 heterocycles. The van der Waals surface area contributed by atoms with Crippen molar-refractivity contribution in [1.29, 1.82) is 0 Å². The summed E-state index contributed by atoms with van der Waals surface area (Å²) in [7, 11) is 0. The van der Waals surface area contributed by atoms with Crippen molar-refractivity contribution in [3.05, 3.63) is 29.6 Å². The van der Waals surface area contributed by atoms with Crippen LogP contribution in [0.4, 0.5) is 0 Å². The molecule has 0 unspecified atom stereocenters. The molecule has 0 amide bonds. The summed E-state index contributed by atoms with van der Waals surface area (Å²) in [6.45, 7) is 0. The highest BCUT2D eigenvalue weighted by Crippen LogP contribution is 2.21. The third-order valence-electron chi connectivity index (χ3n) is 0.861. The highest BCUT2D eigenvalue weighted by atomic mass is 35.5. The maximum absolute atomic E-state index is 5.70. The molecule has 0 N–H and O–H groups in total. The van der Waals surface area contributed by atoms with Crippen molar-refractivity contribution in [2.24, 2.45) is 0 Å². The molecule has 0 atom stereocenters. The number of hydrogen-bond donors (Lipinski definition) is 0. The second kappa shape index (κ2) is 3.08. The van der Waals surface area contributed by atoms with Crippen LogP contribution in [-0.2, 0) is 0 Å². The Kier molecular flexibility index (Phi) is 2.37. The lowest BCUT2D eigenvalue weighted by molar-refractivity contribution is 1.14. The molecule has 1 aromatic heterocycles. The van der Waals surface area contributed by atoms with Gasteiger partial charge >= 0.3 is 0 Å². The number of thioether (sulfide) groups is 1. The summed E-state index contributed by atoms with van der Waals surface area (Å²) in [6, 6.07) is 3.59. The van der Waals surface area contributed by atoms with Crippen LogP contribution in [0.1, 0.15) is 0 Å². The average molecular weight is 159 g/mol. The van der Waals surface area contributed by atoms with Gasteiger partial charge in [-0.15, -0.1) is 11.8 Å². The first-order valence-electron chi connectivity index (χ1n) is 2.37. The molecular weight excluding hydrogens is 154 g/mol. The summed E-state index contributed by atoms with van der Waals surface area (Å²) in [5, 5.41) is 1.44. The van der Waals surface area contributed by atoms with E-state index in [9.17, 15) is 0 Å². The molecule has 0 aliphatic carbocycles. The van der Waals surface area contributed by atoms with Gasteiger partial charge < -0.3 is 0 Å². The molecule has 1 nitrogen and oxygen atoms in total. The Morgan fingerprint density at radius 1 is 1.67 bits per heavy atom. The van der Waals surface area contributed by atoms with Gasteiger partial charge in [-0.3, -0.25) is 0 Å². The van der Waals surface area contributed by atoms with Gasteiger partial charge in [-0.05, 0) is 12.1 Å². The second-order valence-corrected chi connectivity index (χ2v) is 2.52. The third-order valence-corrected chi connectivity index (χ3v) is 1.88. The van der Waals surface area contributed by atoms with Crippen molar-refractivity contribution in [2.45, 2.75) is 5.03 Å². The van der Waals surface area contributed by atoms with Gasteiger partial charge in [0.15, 0.2) is 0 Å². The largest absolute Gasteiger partial charge is 0.248 e. The van der Waals surface area contributed by atoms with Gasteiger partial charge in [0, 0.05) is 12.5 Å². The van der Waals surface area contributed by atoms with Gasteiger partial charge in [-0.1, -0.05) is 11.6 Å². The zero-order valence-electron chi connectivity index (χ0n) is 4.67. The zero-order valence-corrected chi connectivity index (χ0v) is 6.25. The highest BCUT2D eigenvalue weighted by molar-refractivity contribution is 8.00. The van der Waals surface area contributed by atoms with Crippen LogP contribution in [0, 0.1) is 6.26 Å². The van der Waals surface area contributed by atoms with E-state index in [1.54, 1.807) is 18.3 Å². The Morgan fingerprint density at radius 3 is 2.89 bits per heavy atom. The van der Waals surface area contributed by atoms with E-state index in [-0.39, 0.29) is 0 Å². The third kappa shape index (κ3) is 1.60. The first-order valence-corrected chi connectivity index (χ1v) is 3.73. The Bertz CT molecular complexity index is 202. The summed E-state index contributed by atoms with van der Waals surface area (Å²) in [4.78, 5) is 3.97. The van der Waals surface area contributed by atoms with E-state index in [0.29, 0.717) is 5.02 Å². The van der Waals surface area contributed by atoms with Crippen molar-refractivity contribution in [3.63, 3.8) is 0 Å². The average Bonchev–Trinajstić information content (AvgIpc) is 1.89. The number of pyridine rings is 1. The Labute approximate surface area is 63.4 Å². The van der Waals surface area contributed by atoms with Crippen LogP contribution in [0.15, 0.2) is 23.4 Å². The molecule has 1 aromatic rings. The van der Waals surface area contributed by atoms with E-state index < -0.39 is 0 Å². The monoisotopic (exact) mass is 158 g/mol. The number of aromatic nitrogens is 1. The summed E-state index contributed by atoms with van der Waals surface area (Å²) in [5.74, 6) is 0. The van der Waals surface area contributed by atoms with E-state index in [1.807, 2.05) is 0 Å². The number of hydrogen-bond acceptors (Lipinski definition) is 2. The van der Waals surface area contributed by atoms with Crippen molar-refractivity contribution < 1.29 is 0 Å². The first kappa shape index (κ1) is 6.90. The standard InChI is InChI=1S/C6H5ClNS/c1-9-6-5(7)3-2-4-8-6/h2-4H,1H2. The fourth-order valence-corrected chi connectivity index (χ4v) is 1.10. The number of halogens is 1. The number of rotatable bonds is 1. The van der Waals surface area contributed by atoms with E-state index in [2.05, 4.69) is 11.2 Å². The lowest BCUT2D eigenvalue weighted by Gasteiger charge is -1.94. The molecule has 0 saturated carbocycles. The topological polar surface area (TPSA) is 12.9 Å². The van der Waals surface area contributed by atoms with E-state index in [4.69, 9.17) is 11.6 Å². The Hall–Kier alpha value is -0.210. The van der Waals surface area contributed by atoms with Gasteiger partial charge in [0.1, 0.15) is 5.03 Å². The van der Waals surface area contributed by atoms with E-state index in [1.165, 1.54) is 11.8 Å². The molecule has 1 radical (unpaired) electrons. The zero-order chi connectivity index (χ0) is 6.69. The summed E-state index contributed by atoms with van der Waals surface area (Å²) in [6.07, 6.45) is 5.28.